The predicted molar refractivity (Wildman–Crippen MR) is 75.3 cm³/mol. The molecule has 0 radical (unpaired) electrons. The van der Waals surface area contributed by atoms with Gasteiger partial charge in [0.05, 0.1) is 6.04 Å². The summed E-state index contributed by atoms with van der Waals surface area (Å²) in [6, 6.07) is 9.68. The summed E-state index contributed by atoms with van der Waals surface area (Å²) >= 11 is 0. The van der Waals surface area contributed by atoms with E-state index in [2.05, 4.69) is 19.2 Å². The Hall–Kier alpha value is -1.35. The molecule has 0 aliphatic heterocycles. The molecule has 0 aliphatic carbocycles. The van der Waals surface area contributed by atoms with E-state index in [-0.39, 0.29) is 11.9 Å². The van der Waals surface area contributed by atoms with E-state index >= 15 is 0 Å². The average molecular weight is 248 g/mol. The highest BCUT2D eigenvalue weighted by molar-refractivity contribution is 5.82. The van der Waals surface area contributed by atoms with Gasteiger partial charge in [0, 0.05) is 6.04 Å². The standard InChI is InChI=1S/C15H24N2O/c1-3-8-13(4-2)17-15(18)14(16)11-12-9-6-5-7-10-12/h5-7,9-10,13-14H,3-4,8,11,16H2,1-2H3,(H,17,18)/t13?,14-/m1/s1. The molecule has 18 heavy (non-hydrogen) atoms. The largest absolute Gasteiger partial charge is 0.352 e. The number of benzene rings is 1. The maximum atomic E-state index is 12.0. The number of hydrogen-bond acceptors (Lipinski definition) is 2. The summed E-state index contributed by atoms with van der Waals surface area (Å²) in [4.78, 5) is 12.0. The summed E-state index contributed by atoms with van der Waals surface area (Å²) in [5.41, 5.74) is 7.04. The molecule has 0 spiro atoms. The van der Waals surface area contributed by atoms with Gasteiger partial charge in [-0.15, -0.1) is 0 Å². The van der Waals surface area contributed by atoms with Crippen molar-refractivity contribution in [1.29, 1.82) is 0 Å². The Morgan fingerprint density at radius 2 is 1.94 bits per heavy atom. The van der Waals surface area contributed by atoms with Crippen LogP contribution in [0.5, 0.6) is 0 Å². The van der Waals surface area contributed by atoms with Crippen molar-refractivity contribution in [3.8, 4) is 0 Å². The fraction of sp³-hybridized carbons (Fsp3) is 0.533. The molecule has 0 saturated carbocycles. The molecule has 0 aliphatic rings. The van der Waals surface area contributed by atoms with Crippen LogP contribution in [0, 0.1) is 0 Å². The van der Waals surface area contributed by atoms with Crippen molar-refractivity contribution < 1.29 is 4.79 Å². The normalized spacial score (nSPS) is 13.9. The van der Waals surface area contributed by atoms with Crippen molar-refractivity contribution in [2.24, 2.45) is 5.73 Å². The van der Waals surface area contributed by atoms with E-state index in [0.717, 1.165) is 24.8 Å². The Balaban J connectivity index is 2.46. The molecule has 3 N–H and O–H groups in total. The van der Waals surface area contributed by atoms with E-state index in [0.29, 0.717) is 6.42 Å². The molecule has 0 saturated heterocycles. The Morgan fingerprint density at radius 3 is 2.50 bits per heavy atom. The molecule has 2 atom stereocenters. The first-order valence-corrected chi connectivity index (χ1v) is 6.77. The first kappa shape index (κ1) is 14.7. The average Bonchev–Trinajstić information content (AvgIpc) is 2.39. The summed E-state index contributed by atoms with van der Waals surface area (Å²) in [7, 11) is 0. The lowest BCUT2D eigenvalue weighted by atomic mass is 10.0. The summed E-state index contributed by atoms with van der Waals surface area (Å²) in [6.07, 6.45) is 3.64. The molecule has 0 heterocycles. The van der Waals surface area contributed by atoms with Crippen molar-refractivity contribution in [1.82, 2.24) is 5.32 Å². The first-order valence-electron chi connectivity index (χ1n) is 6.77. The van der Waals surface area contributed by atoms with Gasteiger partial charge in [-0.05, 0) is 24.8 Å². The summed E-state index contributed by atoms with van der Waals surface area (Å²) in [6.45, 7) is 4.21. The number of rotatable bonds is 7. The van der Waals surface area contributed by atoms with Gasteiger partial charge in [-0.1, -0.05) is 50.6 Å². The van der Waals surface area contributed by atoms with Crippen LogP contribution in [0.1, 0.15) is 38.7 Å². The Kier molecular flexibility index (Phi) is 6.44. The lowest BCUT2D eigenvalue weighted by Crippen LogP contribution is -2.46. The van der Waals surface area contributed by atoms with Crippen LogP contribution in [0.3, 0.4) is 0 Å². The quantitative estimate of drug-likeness (QED) is 0.777. The predicted octanol–water partition coefficient (Wildman–Crippen LogP) is 2.25. The number of carbonyl (C=O) groups is 1. The third-order valence-corrected chi connectivity index (χ3v) is 3.11. The van der Waals surface area contributed by atoms with Gasteiger partial charge in [0.2, 0.25) is 5.91 Å². The van der Waals surface area contributed by atoms with Gasteiger partial charge in [-0.2, -0.15) is 0 Å². The molecular formula is C15H24N2O. The van der Waals surface area contributed by atoms with Gasteiger partial charge in [0.15, 0.2) is 0 Å². The summed E-state index contributed by atoms with van der Waals surface area (Å²) in [5.74, 6) is -0.0425. The van der Waals surface area contributed by atoms with Crippen LogP contribution in [0.2, 0.25) is 0 Å². The van der Waals surface area contributed by atoms with Crippen molar-refractivity contribution >= 4 is 5.91 Å². The van der Waals surface area contributed by atoms with Crippen LogP contribution in [0.25, 0.3) is 0 Å². The van der Waals surface area contributed by atoms with E-state index in [1.54, 1.807) is 0 Å². The van der Waals surface area contributed by atoms with Gasteiger partial charge in [-0.3, -0.25) is 4.79 Å². The van der Waals surface area contributed by atoms with Gasteiger partial charge in [0.25, 0.3) is 0 Å². The topological polar surface area (TPSA) is 55.1 Å². The van der Waals surface area contributed by atoms with Gasteiger partial charge in [-0.25, -0.2) is 0 Å². The molecule has 3 nitrogen and oxygen atoms in total. The highest BCUT2D eigenvalue weighted by Gasteiger charge is 2.16. The second-order valence-electron chi connectivity index (χ2n) is 4.70. The van der Waals surface area contributed by atoms with E-state index < -0.39 is 6.04 Å². The fourth-order valence-corrected chi connectivity index (χ4v) is 2.00. The van der Waals surface area contributed by atoms with Crippen LogP contribution < -0.4 is 11.1 Å². The fourth-order valence-electron chi connectivity index (χ4n) is 2.00. The molecule has 3 heteroatoms. The van der Waals surface area contributed by atoms with Gasteiger partial charge >= 0.3 is 0 Å². The zero-order chi connectivity index (χ0) is 13.4. The number of hydrogen-bond donors (Lipinski definition) is 2. The maximum absolute atomic E-state index is 12.0. The Morgan fingerprint density at radius 1 is 1.28 bits per heavy atom. The first-order chi connectivity index (χ1) is 8.67. The van der Waals surface area contributed by atoms with E-state index in [1.807, 2.05) is 30.3 Å². The number of amides is 1. The molecule has 1 aromatic carbocycles. The second-order valence-corrected chi connectivity index (χ2v) is 4.70. The minimum atomic E-state index is -0.460. The molecule has 100 valence electrons. The van der Waals surface area contributed by atoms with Crippen LogP contribution >= 0.6 is 0 Å². The summed E-state index contributed by atoms with van der Waals surface area (Å²) < 4.78 is 0. The molecule has 1 rings (SSSR count). The third kappa shape index (κ3) is 4.88. The SMILES string of the molecule is CCCC(CC)NC(=O)[C@H](N)Cc1ccccc1. The van der Waals surface area contributed by atoms with Crippen LogP contribution in [-0.4, -0.2) is 18.0 Å². The van der Waals surface area contributed by atoms with Crippen LogP contribution in [-0.2, 0) is 11.2 Å². The highest BCUT2D eigenvalue weighted by atomic mass is 16.2. The maximum Gasteiger partial charge on any atom is 0.237 e. The molecule has 0 aromatic heterocycles. The molecular weight excluding hydrogens is 224 g/mol. The van der Waals surface area contributed by atoms with Crippen molar-refractivity contribution in [2.75, 3.05) is 0 Å². The minimum Gasteiger partial charge on any atom is -0.352 e. The Bertz CT molecular complexity index is 351. The summed E-state index contributed by atoms with van der Waals surface area (Å²) in [5, 5.41) is 3.02. The lowest BCUT2D eigenvalue weighted by Gasteiger charge is -2.19. The number of carbonyl (C=O) groups excluding carboxylic acids is 1. The van der Waals surface area contributed by atoms with Crippen molar-refractivity contribution in [3.63, 3.8) is 0 Å². The van der Waals surface area contributed by atoms with Crippen LogP contribution in [0.4, 0.5) is 0 Å². The monoisotopic (exact) mass is 248 g/mol. The third-order valence-electron chi connectivity index (χ3n) is 3.11. The van der Waals surface area contributed by atoms with Gasteiger partial charge in [0.1, 0.15) is 0 Å². The Labute approximate surface area is 110 Å². The van der Waals surface area contributed by atoms with E-state index in [4.69, 9.17) is 5.73 Å². The number of nitrogens with two attached hydrogens (primary N) is 1. The minimum absolute atomic E-state index is 0.0425. The zero-order valence-electron chi connectivity index (χ0n) is 11.4. The highest BCUT2D eigenvalue weighted by Crippen LogP contribution is 2.04. The molecule has 1 unspecified atom stereocenters. The van der Waals surface area contributed by atoms with Crippen LogP contribution in [0.15, 0.2) is 30.3 Å². The molecule has 0 fully saturated rings. The molecule has 0 bridgehead atoms. The number of nitrogens with one attached hydrogen (secondary N) is 1. The smallest absolute Gasteiger partial charge is 0.237 e. The zero-order valence-corrected chi connectivity index (χ0v) is 11.4. The molecule has 1 aromatic rings. The van der Waals surface area contributed by atoms with E-state index in [1.165, 1.54) is 0 Å². The molecule has 1 amide bonds. The van der Waals surface area contributed by atoms with Crippen molar-refractivity contribution in [3.05, 3.63) is 35.9 Å². The van der Waals surface area contributed by atoms with Gasteiger partial charge < -0.3 is 11.1 Å². The second kappa shape index (κ2) is 7.88. The van der Waals surface area contributed by atoms with E-state index in [9.17, 15) is 4.79 Å². The lowest BCUT2D eigenvalue weighted by molar-refractivity contribution is -0.123. The van der Waals surface area contributed by atoms with Crippen molar-refractivity contribution in [2.45, 2.75) is 51.6 Å².